The molecule has 31 heavy (non-hydrogen) atoms. The molecule has 2 fully saturated rings. The summed E-state index contributed by atoms with van der Waals surface area (Å²) in [4.78, 5) is 28.6. The summed E-state index contributed by atoms with van der Waals surface area (Å²) >= 11 is 0. The maximum absolute atomic E-state index is 13.5. The minimum absolute atomic E-state index is 0.0396. The third-order valence-corrected chi connectivity index (χ3v) is 7.03. The van der Waals surface area contributed by atoms with Gasteiger partial charge in [-0.2, -0.15) is 0 Å². The fraction of sp³-hybridized carbons (Fsp3) is 0.481. The largest absolute Gasteiger partial charge is 0.349 e. The average molecular weight is 419 g/mol. The molecule has 1 aliphatic heterocycles. The summed E-state index contributed by atoms with van der Waals surface area (Å²) in [6.07, 6.45) is 5.88. The van der Waals surface area contributed by atoms with E-state index in [-0.39, 0.29) is 35.7 Å². The summed E-state index contributed by atoms with van der Waals surface area (Å²) in [6.45, 7) is 4.63. The van der Waals surface area contributed by atoms with Gasteiger partial charge in [-0.15, -0.1) is 0 Å². The van der Waals surface area contributed by atoms with Crippen LogP contribution in [-0.2, 0) is 9.59 Å². The average Bonchev–Trinajstić information content (AvgIpc) is 3.34. The highest BCUT2D eigenvalue weighted by Gasteiger charge is 2.38. The van der Waals surface area contributed by atoms with Gasteiger partial charge >= 0.3 is 0 Å². The van der Waals surface area contributed by atoms with Crippen LogP contribution >= 0.6 is 0 Å². The minimum Gasteiger partial charge on any atom is -0.349 e. The van der Waals surface area contributed by atoms with E-state index in [1.54, 1.807) is 0 Å². The van der Waals surface area contributed by atoms with Gasteiger partial charge in [0.25, 0.3) is 0 Å². The monoisotopic (exact) mass is 418 g/mol. The third-order valence-electron chi connectivity index (χ3n) is 7.03. The molecule has 2 amide bonds. The number of piperidine rings is 1. The Labute approximate surface area is 186 Å². The summed E-state index contributed by atoms with van der Waals surface area (Å²) < 4.78 is 0. The molecule has 4 nitrogen and oxygen atoms in total. The lowest BCUT2D eigenvalue weighted by atomic mass is 9.86. The van der Waals surface area contributed by atoms with Gasteiger partial charge in [-0.25, -0.2) is 0 Å². The van der Waals surface area contributed by atoms with E-state index in [1.807, 2.05) is 42.2 Å². The Morgan fingerprint density at radius 1 is 0.935 bits per heavy atom. The number of hydrogen-bond donors (Lipinski definition) is 1. The predicted molar refractivity (Wildman–Crippen MR) is 123 cm³/mol. The first-order chi connectivity index (χ1) is 15.0. The van der Waals surface area contributed by atoms with Gasteiger partial charge < -0.3 is 10.2 Å². The topological polar surface area (TPSA) is 49.4 Å². The van der Waals surface area contributed by atoms with Crippen molar-refractivity contribution in [1.82, 2.24) is 10.2 Å². The van der Waals surface area contributed by atoms with Crippen LogP contribution in [0.2, 0.25) is 0 Å². The SMILES string of the molecule is Cc1cccc(C2CCC(C(=O)NC(C)c3ccccc3)CN2C(=O)C2CCCC2)c1. The molecule has 0 radical (unpaired) electrons. The van der Waals surface area contributed by atoms with E-state index >= 15 is 0 Å². The van der Waals surface area contributed by atoms with Crippen LogP contribution < -0.4 is 5.32 Å². The van der Waals surface area contributed by atoms with Crippen LogP contribution in [-0.4, -0.2) is 23.3 Å². The molecule has 1 N–H and O–H groups in total. The number of benzene rings is 2. The van der Waals surface area contributed by atoms with E-state index in [0.29, 0.717) is 6.54 Å². The number of hydrogen-bond acceptors (Lipinski definition) is 2. The van der Waals surface area contributed by atoms with Crippen molar-refractivity contribution >= 4 is 11.8 Å². The molecular weight excluding hydrogens is 384 g/mol. The maximum atomic E-state index is 13.5. The number of nitrogens with zero attached hydrogens (tertiary/aromatic N) is 1. The van der Waals surface area contributed by atoms with Crippen LogP contribution in [0.5, 0.6) is 0 Å². The zero-order valence-electron chi connectivity index (χ0n) is 18.7. The smallest absolute Gasteiger partial charge is 0.226 e. The molecule has 2 aromatic carbocycles. The van der Waals surface area contributed by atoms with Crippen molar-refractivity contribution < 1.29 is 9.59 Å². The standard InChI is InChI=1S/C27H34N2O2/c1-19-9-8-14-23(17-19)25-16-15-24(18-29(25)27(31)22-12-6-7-13-22)26(30)28-20(2)21-10-4-3-5-11-21/h3-5,8-11,14,17,20,22,24-25H,6-7,12-13,15-16,18H2,1-2H3,(H,28,30). The number of nitrogens with one attached hydrogen (secondary N) is 1. The van der Waals surface area contributed by atoms with Gasteiger partial charge in [-0.05, 0) is 50.7 Å². The molecule has 3 atom stereocenters. The van der Waals surface area contributed by atoms with Crippen LogP contribution in [0, 0.1) is 18.8 Å². The minimum atomic E-state index is -0.155. The van der Waals surface area contributed by atoms with Crippen molar-refractivity contribution in [1.29, 1.82) is 0 Å². The van der Waals surface area contributed by atoms with E-state index in [0.717, 1.165) is 44.1 Å². The molecule has 2 aromatic rings. The summed E-state index contributed by atoms with van der Waals surface area (Å²) in [7, 11) is 0. The van der Waals surface area contributed by atoms with Crippen molar-refractivity contribution in [2.45, 2.75) is 64.5 Å². The number of carbonyl (C=O) groups is 2. The van der Waals surface area contributed by atoms with E-state index < -0.39 is 0 Å². The van der Waals surface area contributed by atoms with Crippen molar-refractivity contribution in [3.8, 4) is 0 Å². The second kappa shape index (κ2) is 9.67. The lowest BCUT2D eigenvalue weighted by molar-refractivity contribution is -0.142. The molecule has 1 heterocycles. The first-order valence-electron chi connectivity index (χ1n) is 11.8. The predicted octanol–water partition coefficient (Wildman–Crippen LogP) is 5.34. The highest BCUT2D eigenvalue weighted by atomic mass is 16.2. The Balaban J connectivity index is 1.50. The molecule has 3 unspecified atom stereocenters. The molecule has 0 spiro atoms. The highest BCUT2D eigenvalue weighted by Crippen LogP contribution is 2.37. The normalized spacial score (nSPS) is 22.8. The second-order valence-electron chi connectivity index (χ2n) is 9.32. The quantitative estimate of drug-likeness (QED) is 0.712. The van der Waals surface area contributed by atoms with Gasteiger partial charge in [0.1, 0.15) is 0 Å². The fourth-order valence-corrected chi connectivity index (χ4v) is 5.22. The first-order valence-corrected chi connectivity index (χ1v) is 11.8. The van der Waals surface area contributed by atoms with Crippen molar-refractivity contribution in [3.05, 3.63) is 71.3 Å². The lowest BCUT2D eigenvalue weighted by Crippen LogP contribution is -2.48. The number of aryl methyl sites for hydroxylation is 1. The van der Waals surface area contributed by atoms with E-state index in [2.05, 4.69) is 36.5 Å². The summed E-state index contributed by atoms with van der Waals surface area (Å²) in [5.41, 5.74) is 3.51. The zero-order valence-corrected chi connectivity index (χ0v) is 18.7. The Morgan fingerprint density at radius 3 is 2.39 bits per heavy atom. The molecule has 1 saturated carbocycles. The number of amides is 2. The van der Waals surface area contributed by atoms with Gasteiger partial charge in [0.15, 0.2) is 0 Å². The maximum Gasteiger partial charge on any atom is 0.226 e. The number of carbonyl (C=O) groups excluding carboxylic acids is 2. The Hall–Kier alpha value is -2.62. The van der Waals surface area contributed by atoms with Crippen molar-refractivity contribution in [3.63, 3.8) is 0 Å². The van der Waals surface area contributed by atoms with Gasteiger partial charge in [-0.3, -0.25) is 9.59 Å². The molecule has 0 aromatic heterocycles. The van der Waals surface area contributed by atoms with Crippen LogP contribution in [0.25, 0.3) is 0 Å². The lowest BCUT2D eigenvalue weighted by Gasteiger charge is -2.41. The molecule has 4 rings (SSSR count). The van der Waals surface area contributed by atoms with Crippen LogP contribution in [0.4, 0.5) is 0 Å². The van der Waals surface area contributed by atoms with Gasteiger partial charge in [-0.1, -0.05) is 73.0 Å². The molecule has 1 saturated heterocycles. The van der Waals surface area contributed by atoms with Gasteiger partial charge in [0, 0.05) is 12.5 Å². The third kappa shape index (κ3) is 5.00. The van der Waals surface area contributed by atoms with Crippen molar-refractivity contribution in [2.24, 2.45) is 11.8 Å². The van der Waals surface area contributed by atoms with E-state index in [9.17, 15) is 9.59 Å². The molecule has 2 aliphatic rings. The summed E-state index contributed by atoms with van der Waals surface area (Å²) in [5, 5.41) is 3.18. The number of rotatable bonds is 5. The molecule has 164 valence electrons. The zero-order chi connectivity index (χ0) is 21.8. The summed E-state index contributed by atoms with van der Waals surface area (Å²) in [6, 6.07) is 18.6. The van der Waals surface area contributed by atoms with Crippen LogP contribution in [0.15, 0.2) is 54.6 Å². The first kappa shape index (κ1) is 21.6. The van der Waals surface area contributed by atoms with E-state index in [1.165, 1.54) is 11.1 Å². The Morgan fingerprint density at radius 2 is 1.68 bits per heavy atom. The molecule has 0 bridgehead atoms. The van der Waals surface area contributed by atoms with Gasteiger partial charge in [0.2, 0.25) is 11.8 Å². The van der Waals surface area contributed by atoms with Crippen molar-refractivity contribution in [2.75, 3.05) is 6.54 Å². The molecule has 1 aliphatic carbocycles. The number of likely N-dealkylation sites (tertiary alicyclic amines) is 1. The molecular formula is C27H34N2O2. The Bertz CT molecular complexity index is 904. The van der Waals surface area contributed by atoms with Crippen LogP contribution in [0.3, 0.4) is 0 Å². The van der Waals surface area contributed by atoms with Gasteiger partial charge in [0.05, 0.1) is 18.0 Å². The van der Waals surface area contributed by atoms with Crippen LogP contribution in [0.1, 0.15) is 74.2 Å². The fourth-order valence-electron chi connectivity index (χ4n) is 5.22. The molecule has 4 heteroatoms. The second-order valence-corrected chi connectivity index (χ2v) is 9.32. The Kier molecular flexibility index (Phi) is 6.74. The highest BCUT2D eigenvalue weighted by molar-refractivity contribution is 5.83. The summed E-state index contributed by atoms with van der Waals surface area (Å²) in [5.74, 6) is 0.274. The van der Waals surface area contributed by atoms with E-state index in [4.69, 9.17) is 0 Å².